The molecule has 53 heavy (non-hydrogen) atoms. The van der Waals surface area contributed by atoms with Gasteiger partial charge in [0.1, 0.15) is 0 Å². The van der Waals surface area contributed by atoms with E-state index in [0.29, 0.717) is 67.1 Å². The van der Waals surface area contributed by atoms with Gasteiger partial charge in [-0.2, -0.15) is 13.2 Å². The maximum Gasteiger partial charge on any atom is 0.416 e. The molecular weight excluding hydrogens is 694 g/mol. The zero-order valence-electron chi connectivity index (χ0n) is 29.7. The summed E-state index contributed by atoms with van der Waals surface area (Å²) in [5, 5.41) is 9.37. The first-order chi connectivity index (χ1) is 25.1. The molecule has 0 spiro atoms. The van der Waals surface area contributed by atoms with Crippen molar-refractivity contribution in [1.82, 2.24) is 15.0 Å². The van der Waals surface area contributed by atoms with Gasteiger partial charge in [-0.3, -0.25) is 4.98 Å². The Hall–Kier alpha value is -4.48. The van der Waals surface area contributed by atoms with Gasteiger partial charge in [-0.1, -0.05) is 38.1 Å². The van der Waals surface area contributed by atoms with Crippen LogP contribution in [0.4, 0.5) is 32.3 Å². The molecule has 7 rings (SSSR count). The summed E-state index contributed by atoms with van der Waals surface area (Å²) < 4.78 is 86.6. The maximum atomic E-state index is 17.3. The summed E-state index contributed by atoms with van der Waals surface area (Å²) in [6.45, 7) is 5.40. The molecule has 1 saturated carbocycles. The van der Waals surface area contributed by atoms with Gasteiger partial charge in [0.2, 0.25) is 11.9 Å². The summed E-state index contributed by atoms with van der Waals surface area (Å²) in [5.41, 5.74) is 4.13. The van der Waals surface area contributed by atoms with E-state index in [1.165, 1.54) is 18.2 Å². The third kappa shape index (κ3) is 7.78. The van der Waals surface area contributed by atoms with Crippen LogP contribution in [0.25, 0.3) is 11.1 Å². The predicted octanol–water partition coefficient (Wildman–Crippen LogP) is 10.5. The second-order valence-electron chi connectivity index (χ2n) is 15.6. The minimum Gasteiger partial charge on any atom is -0.478 e. The van der Waals surface area contributed by atoms with Gasteiger partial charge in [-0.25, -0.2) is 27.9 Å². The highest BCUT2D eigenvalue weighted by molar-refractivity contribution is 5.89. The van der Waals surface area contributed by atoms with Crippen molar-refractivity contribution >= 4 is 11.9 Å². The van der Waals surface area contributed by atoms with Gasteiger partial charge < -0.3 is 10.0 Å². The standard InChI is InChI=1S/C41H42F6N4O2/c1-39(2)15-12-31-32(21-39)50-36(26-13-18-51(19-14-26)38-48-22-29(23-49-38)27-4-3-5-28(20-27)37(52)53)34(33(31)24-10-16-40(43,44)17-11-24)35(42)25-6-8-30(9-7-25)41(45,46)47/h3-9,20,22-24,26,35H,10-19,21H2,1-2H3,(H,52,53)/t35-/m0/s1. The molecule has 3 aliphatic rings. The molecule has 1 N–H and O–H groups in total. The molecule has 4 aromatic rings. The Labute approximate surface area is 304 Å². The van der Waals surface area contributed by atoms with Crippen molar-refractivity contribution in [2.45, 2.75) is 102 Å². The normalized spacial score (nSPS) is 19.8. The van der Waals surface area contributed by atoms with Gasteiger partial charge in [-0.15, -0.1) is 0 Å². The average molecular weight is 737 g/mol. The van der Waals surface area contributed by atoms with Crippen LogP contribution in [0.3, 0.4) is 0 Å². The summed E-state index contributed by atoms with van der Waals surface area (Å²) in [6.07, 6.45) is 0.0361. The molecule has 2 aliphatic carbocycles. The van der Waals surface area contributed by atoms with Crippen molar-refractivity contribution in [2.24, 2.45) is 5.41 Å². The van der Waals surface area contributed by atoms with Crippen LogP contribution in [-0.4, -0.2) is 45.0 Å². The Morgan fingerprint density at radius 1 is 0.906 bits per heavy atom. The second kappa shape index (κ2) is 14.1. The molecule has 1 aliphatic heterocycles. The topological polar surface area (TPSA) is 79.2 Å². The van der Waals surface area contributed by atoms with Crippen molar-refractivity contribution in [2.75, 3.05) is 18.0 Å². The SMILES string of the molecule is CC1(C)CCc2c(nc(C3CCN(c4ncc(-c5cccc(C(=O)O)c5)cn4)CC3)c([C@@H](F)c3ccc(C(F)(F)F)cc3)c2C2CCC(F)(F)CC2)C1. The molecule has 0 bridgehead atoms. The molecule has 2 aromatic carbocycles. The Bertz CT molecular complexity index is 1960. The number of benzene rings is 2. The number of halogens is 6. The summed E-state index contributed by atoms with van der Waals surface area (Å²) in [7, 11) is 0. The van der Waals surface area contributed by atoms with E-state index < -0.39 is 29.8 Å². The highest BCUT2D eigenvalue weighted by Gasteiger charge is 2.42. The Morgan fingerprint density at radius 2 is 1.57 bits per heavy atom. The molecular formula is C41H42F6N4O2. The smallest absolute Gasteiger partial charge is 0.416 e. The first kappa shape index (κ1) is 36.9. The van der Waals surface area contributed by atoms with E-state index in [1.54, 1.807) is 30.6 Å². The fourth-order valence-corrected chi connectivity index (χ4v) is 8.36. The number of fused-ring (bicyclic) bond motifs is 1. The number of aromatic nitrogens is 3. The molecule has 0 unspecified atom stereocenters. The van der Waals surface area contributed by atoms with Crippen LogP contribution >= 0.6 is 0 Å². The van der Waals surface area contributed by atoms with Crippen LogP contribution in [0.15, 0.2) is 60.9 Å². The number of carbonyl (C=O) groups is 1. The van der Waals surface area contributed by atoms with E-state index in [2.05, 4.69) is 23.8 Å². The van der Waals surface area contributed by atoms with Crippen LogP contribution in [0.1, 0.15) is 126 Å². The first-order valence-corrected chi connectivity index (χ1v) is 18.2. The van der Waals surface area contributed by atoms with E-state index in [4.69, 9.17) is 4.98 Å². The van der Waals surface area contributed by atoms with Crippen molar-refractivity contribution in [3.05, 3.63) is 106 Å². The molecule has 2 fully saturated rings. The van der Waals surface area contributed by atoms with Crippen molar-refractivity contribution in [3.63, 3.8) is 0 Å². The summed E-state index contributed by atoms with van der Waals surface area (Å²) >= 11 is 0. The van der Waals surface area contributed by atoms with E-state index in [9.17, 15) is 31.9 Å². The number of carboxylic acid groups (broad SMARTS) is 1. The number of rotatable bonds is 7. The lowest BCUT2D eigenvalue weighted by Gasteiger charge is -2.39. The van der Waals surface area contributed by atoms with Crippen LogP contribution in [0.2, 0.25) is 0 Å². The first-order valence-electron chi connectivity index (χ1n) is 18.2. The minimum atomic E-state index is -4.57. The summed E-state index contributed by atoms with van der Waals surface area (Å²) in [6, 6.07) is 10.7. The molecule has 12 heteroatoms. The Balaban J connectivity index is 1.23. The second-order valence-corrected chi connectivity index (χ2v) is 15.6. The molecule has 1 atom stereocenters. The van der Waals surface area contributed by atoms with E-state index in [0.717, 1.165) is 35.4 Å². The number of alkyl halides is 6. The largest absolute Gasteiger partial charge is 0.478 e. The lowest BCUT2D eigenvalue weighted by molar-refractivity contribution is -0.137. The summed E-state index contributed by atoms with van der Waals surface area (Å²) in [5.74, 6) is -3.81. The van der Waals surface area contributed by atoms with Crippen LogP contribution in [0.5, 0.6) is 0 Å². The van der Waals surface area contributed by atoms with Crippen molar-refractivity contribution in [3.8, 4) is 11.1 Å². The van der Waals surface area contributed by atoms with Gasteiger partial charge in [0, 0.05) is 61.1 Å². The number of aromatic carboxylic acids is 1. The quantitative estimate of drug-likeness (QED) is 0.190. The number of hydrogen-bond acceptors (Lipinski definition) is 5. The highest BCUT2D eigenvalue weighted by atomic mass is 19.4. The number of piperidine rings is 1. The van der Waals surface area contributed by atoms with Crippen molar-refractivity contribution < 1.29 is 36.2 Å². The lowest BCUT2D eigenvalue weighted by atomic mass is 9.69. The zero-order valence-corrected chi connectivity index (χ0v) is 29.7. The van der Waals surface area contributed by atoms with Crippen LogP contribution < -0.4 is 4.90 Å². The van der Waals surface area contributed by atoms with Crippen LogP contribution in [0, 0.1) is 5.41 Å². The van der Waals surface area contributed by atoms with Gasteiger partial charge in [-0.05, 0) is 103 Å². The number of carboxylic acids is 1. The van der Waals surface area contributed by atoms with Gasteiger partial charge in [0.25, 0.3) is 0 Å². The molecule has 6 nitrogen and oxygen atoms in total. The molecule has 0 radical (unpaired) electrons. The number of hydrogen-bond donors (Lipinski definition) is 1. The lowest BCUT2D eigenvalue weighted by Crippen LogP contribution is -2.35. The van der Waals surface area contributed by atoms with Gasteiger partial charge >= 0.3 is 12.1 Å². The maximum absolute atomic E-state index is 17.3. The third-order valence-electron chi connectivity index (χ3n) is 11.3. The number of anilines is 1. The van der Waals surface area contributed by atoms with Crippen LogP contribution in [-0.2, 0) is 19.0 Å². The zero-order chi connectivity index (χ0) is 37.7. The van der Waals surface area contributed by atoms with Crippen molar-refractivity contribution in [1.29, 1.82) is 0 Å². The van der Waals surface area contributed by atoms with E-state index >= 15 is 4.39 Å². The molecule has 280 valence electrons. The molecule has 2 aromatic heterocycles. The third-order valence-corrected chi connectivity index (χ3v) is 11.3. The Morgan fingerprint density at radius 3 is 2.19 bits per heavy atom. The monoisotopic (exact) mass is 736 g/mol. The molecule has 3 heterocycles. The highest BCUT2D eigenvalue weighted by Crippen LogP contribution is 2.50. The van der Waals surface area contributed by atoms with Gasteiger partial charge in [0.15, 0.2) is 6.17 Å². The minimum absolute atomic E-state index is 0.0556. The van der Waals surface area contributed by atoms with E-state index in [1.807, 2.05) is 4.90 Å². The molecule has 1 saturated heterocycles. The number of pyridine rings is 1. The van der Waals surface area contributed by atoms with E-state index in [-0.39, 0.29) is 54.1 Å². The predicted molar refractivity (Wildman–Crippen MR) is 189 cm³/mol. The Kier molecular flexibility index (Phi) is 9.78. The fourth-order valence-electron chi connectivity index (χ4n) is 8.36. The fraction of sp³-hybridized carbons (Fsp3) is 0.463. The molecule has 0 amide bonds. The van der Waals surface area contributed by atoms with Gasteiger partial charge in [0.05, 0.1) is 16.8 Å². The number of nitrogens with zero attached hydrogens (tertiary/aromatic N) is 4. The summed E-state index contributed by atoms with van der Waals surface area (Å²) in [4.78, 5) is 27.8. The average Bonchev–Trinajstić information content (AvgIpc) is 3.13.